The van der Waals surface area contributed by atoms with Crippen LogP contribution in [0.15, 0.2) is 5.16 Å². The van der Waals surface area contributed by atoms with Crippen molar-refractivity contribution in [3.8, 4) is 0 Å². The van der Waals surface area contributed by atoms with E-state index in [1.807, 2.05) is 0 Å². The molecule has 1 heterocycles. The van der Waals surface area contributed by atoms with Crippen LogP contribution in [0.3, 0.4) is 0 Å². The zero-order valence-electron chi connectivity index (χ0n) is 12.4. The van der Waals surface area contributed by atoms with Gasteiger partial charge in [0.1, 0.15) is 0 Å². The minimum absolute atomic E-state index is 0.0784. The normalized spacial score (nSPS) is 10.7. The Balaban J connectivity index is 2.35. The molecule has 0 unspecified atom stereocenters. The van der Waals surface area contributed by atoms with Gasteiger partial charge in [0.05, 0.1) is 19.7 Å². The molecule has 21 heavy (non-hydrogen) atoms. The molecule has 0 bridgehead atoms. The summed E-state index contributed by atoms with van der Waals surface area (Å²) in [6, 6.07) is 0. The van der Waals surface area contributed by atoms with E-state index in [9.17, 15) is 9.59 Å². The van der Waals surface area contributed by atoms with Crippen molar-refractivity contribution in [1.82, 2.24) is 14.3 Å². The summed E-state index contributed by atoms with van der Waals surface area (Å²) in [5.74, 6) is 0.374. The van der Waals surface area contributed by atoms with Crippen molar-refractivity contribution in [3.05, 3.63) is 0 Å². The number of esters is 1. The number of aromatic nitrogens is 2. The Hall–Kier alpha value is -1.19. The Bertz CT molecular complexity index is 467. The molecule has 1 N–H and O–H groups in total. The SMILES string of the molecule is CCCSc1nsc(NC(=O)CN(C)CC(=O)OCC)n1. The second-order valence-electron chi connectivity index (χ2n) is 4.26. The van der Waals surface area contributed by atoms with Gasteiger partial charge in [-0.05, 0) is 20.4 Å². The van der Waals surface area contributed by atoms with E-state index >= 15 is 0 Å². The Labute approximate surface area is 132 Å². The van der Waals surface area contributed by atoms with Gasteiger partial charge in [-0.2, -0.15) is 9.36 Å². The summed E-state index contributed by atoms with van der Waals surface area (Å²) in [5.41, 5.74) is 0. The summed E-state index contributed by atoms with van der Waals surface area (Å²) in [4.78, 5) is 28.9. The molecule has 0 aliphatic heterocycles. The quantitative estimate of drug-likeness (QED) is 0.541. The van der Waals surface area contributed by atoms with E-state index in [2.05, 4.69) is 21.6 Å². The third-order valence-corrected chi connectivity index (χ3v) is 4.01. The molecule has 1 aromatic heterocycles. The third kappa shape index (κ3) is 7.39. The van der Waals surface area contributed by atoms with Crippen LogP contribution in [0.4, 0.5) is 5.13 Å². The summed E-state index contributed by atoms with van der Waals surface area (Å²) in [5, 5.41) is 3.83. The van der Waals surface area contributed by atoms with Crippen molar-refractivity contribution in [1.29, 1.82) is 0 Å². The van der Waals surface area contributed by atoms with Gasteiger partial charge < -0.3 is 4.74 Å². The predicted molar refractivity (Wildman–Crippen MR) is 83.7 cm³/mol. The van der Waals surface area contributed by atoms with Gasteiger partial charge in [0.2, 0.25) is 16.2 Å². The number of thioether (sulfide) groups is 1. The van der Waals surface area contributed by atoms with Crippen LogP contribution in [-0.4, -0.2) is 58.6 Å². The fraction of sp³-hybridized carbons (Fsp3) is 0.667. The molecule has 0 spiro atoms. The van der Waals surface area contributed by atoms with E-state index in [-0.39, 0.29) is 25.0 Å². The molecular formula is C12H20N4O3S2. The first-order valence-electron chi connectivity index (χ1n) is 6.65. The average Bonchev–Trinajstić information content (AvgIpc) is 2.83. The number of nitrogens with zero attached hydrogens (tertiary/aromatic N) is 3. The summed E-state index contributed by atoms with van der Waals surface area (Å²) >= 11 is 2.71. The van der Waals surface area contributed by atoms with E-state index < -0.39 is 0 Å². The van der Waals surface area contributed by atoms with Crippen molar-refractivity contribution < 1.29 is 14.3 Å². The van der Waals surface area contributed by atoms with Crippen molar-refractivity contribution in [3.63, 3.8) is 0 Å². The van der Waals surface area contributed by atoms with E-state index in [0.717, 1.165) is 23.7 Å². The van der Waals surface area contributed by atoms with Gasteiger partial charge in [-0.3, -0.25) is 19.8 Å². The Morgan fingerprint density at radius 3 is 2.81 bits per heavy atom. The summed E-state index contributed by atoms with van der Waals surface area (Å²) < 4.78 is 8.97. The van der Waals surface area contributed by atoms with Crippen LogP contribution in [0, 0.1) is 0 Å². The van der Waals surface area contributed by atoms with Gasteiger partial charge in [-0.15, -0.1) is 0 Å². The molecule has 0 aliphatic carbocycles. The van der Waals surface area contributed by atoms with Crippen LogP contribution < -0.4 is 5.32 Å². The molecule has 0 atom stereocenters. The van der Waals surface area contributed by atoms with Crippen molar-refractivity contribution >= 4 is 40.3 Å². The molecule has 0 radical (unpaired) electrons. The predicted octanol–water partition coefficient (Wildman–Crippen LogP) is 1.47. The molecule has 1 amide bonds. The summed E-state index contributed by atoms with van der Waals surface area (Å²) in [7, 11) is 1.68. The zero-order valence-corrected chi connectivity index (χ0v) is 14.1. The number of ether oxygens (including phenoxy) is 1. The smallest absolute Gasteiger partial charge is 0.320 e. The van der Waals surface area contributed by atoms with Crippen LogP contribution >= 0.6 is 23.3 Å². The highest BCUT2D eigenvalue weighted by Crippen LogP contribution is 2.20. The number of rotatable bonds is 9. The van der Waals surface area contributed by atoms with Crippen LogP contribution in [0.1, 0.15) is 20.3 Å². The Morgan fingerprint density at radius 1 is 1.38 bits per heavy atom. The number of hydrogen-bond donors (Lipinski definition) is 1. The maximum atomic E-state index is 11.8. The van der Waals surface area contributed by atoms with Crippen LogP contribution in [-0.2, 0) is 14.3 Å². The third-order valence-electron chi connectivity index (χ3n) is 2.21. The minimum atomic E-state index is -0.345. The Morgan fingerprint density at radius 2 is 2.14 bits per heavy atom. The maximum absolute atomic E-state index is 11.8. The topological polar surface area (TPSA) is 84.4 Å². The van der Waals surface area contributed by atoms with Crippen LogP contribution in [0.5, 0.6) is 0 Å². The highest BCUT2D eigenvalue weighted by molar-refractivity contribution is 7.99. The zero-order chi connectivity index (χ0) is 15.7. The van der Waals surface area contributed by atoms with Crippen molar-refractivity contribution in [2.24, 2.45) is 0 Å². The molecule has 1 aromatic rings. The number of hydrogen-bond acceptors (Lipinski definition) is 8. The van der Waals surface area contributed by atoms with E-state index in [0.29, 0.717) is 16.9 Å². The molecule has 9 heteroatoms. The number of anilines is 1. The number of amides is 1. The van der Waals surface area contributed by atoms with Gasteiger partial charge in [0, 0.05) is 17.3 Å². The fourth-order valence-corrected chi connectivity index (χ4v) is 2.81. The minimum Gasteiger partial charge on any atom is -0.465 e. The first-order chi connectivity index (χ1) is 10.0. The first-order valence-corrected chi connectivity index (χ1v) is 8.41. The number of carbonyl (C=O) groups is 2. The van der Waals surface area contributed by atoms with E-state index in [1.165, 1.54) is 0 Å². The highest BCUT2D eigenvalue weighted by atomic mass is 32.2. The van der Waals surface area contributed by atoms with Gasteiger partial charge >= 0.3 is 5.97 Å². The largest absolute Gasteiger partial charge is 0.465 e. The van der Waals surface area contributed by atoms with Gasteiger partial charge in [0.15, 0.2) is 0 Å². The first kappa shape index (κ1) is 17.9. The lowest BCUT2D eigenvalue weighted by Crippen LogP contribution is -2.34. The monoisotopic (exact) mass is 332 g/mol. The van der Waals surface area contributed by atoms with Crippen LogP contribution in [0.2, 0.25) is 0 Å². The molecule has 118 valence electrons. The number of nitrogens with one attached hydrogen (secondary N) is 1. The fourth-order valence-electron chi connectivity index (χ4n) is 1.40. The molecule has 0 fully saturated rings. The molecular weight excluding hydrogens is 312 g/mol. The van der Waals surface area contributed by atoms with Gasteiger partial charge in [-0.1, -0.05) is 18.7 Å². The summed E-state index contributed by atoms with van der Waals surface area (Å²) in [6.07, 6.45) is 1.05. The lowest BCUT2D eigenvalue weighted by atomic mass is 10.5. The number of likely N-dealkylation sites (N-methyl/N-ethyl adjacent to an activating group) is 1. The van der Waals surface area contributed by atoms with Crippen LogP contribution in [0.25, 0.3) is 0 Å². The maximum Gasteiger partial charge on any atom is 0.320 e. The summed E-state index contributed by atoms with van der Waals surface area (Å²) in [6.45, 7) is 4.34. The average molecular weight is 332 g/mol. The molecule has 0 aromatic carbocycles. The van der Waals surface area contributed by atoms with Crippen molar-refractivity contribution in [2.75, 3.05) is 37.8 Å². The van der Waals surface area contributed by atoms with E-state index in [1.54, 1.807) is 30.6 Å². The molecule has 1 rings (SSSR count). The lowest BCUT2D eigenvalue weighted by molar-refractivity contribution is -0.144. The standard InChI is InChI=1S/C12H20N4O3S2/c1-4-6-20-12-14-11(21-15-12)13-9(17)7-16(3)8-10(18)19-5-2/h4-8H2,1-3H3,(H,13,14,15,17). The molecule has 0 saturated heterocycles. The highest BCUT2D eigenvalue weighted by Gasteiger charge is 2.13. The Kier molecular flexibility index (Phi) is 8.24. The van der Waals surface area contributed by atoms with Gasteiger partial charge in [0.25, 0.3) is 0 Å². The van der Waals surface area contributed by atoms with E-state index in [4.69, 9.17) is 4.74 Å². The molecule has 0 aliphatic rings. The van der Waals surface area contributed by atoms with Crippen molar-refractivity contribution in [2.45, 2.75) is 25.4 Å². The molecule has 7 nitrogen and oxygen atoms in total. The number of carbonyl (C=O) groups excluding carboxylic acids is 2. The molecule has 0 saturated carbocycles. The second-order valence-corrected chi connectivity index (χ2v) is 6.07. The second kappa shape index (κ2) is 9.69. The lowest BCUT2D eigenvalue weighted by Gasteiger charge is -2.14. The van der Waals surface area contributed by atoms with Gasteiger partial charge in [-0.25, -0.2) is 0 Å².